The zero-order chi connectivity index (χ0) is 13.3. The Balaban J connectivity index is 1.94. The van der Waals surface area contributed by atoms with Gasteiger partial charge in [-0.25, -0.2) is 0 Å². The van der Waals surface area contributed by atoms with Crippen molar-refractivity contribution in [2.45, 2.75) is 45.6 Å². The summed E-state index contributed by atoms with van der Waals surface area (Å²) in [6, 6.07) is -0.366. The fourth-order valence-electron chi connectivity index (χ4n) is 3.47. The smallest absolute Gasteiger partial charge is 0.239 e. The third-order valence-electron chi connectivity index (χ3n) is 4.82. The Kier molecular flexibility index (Phi) is 3.97. The van der Waals surface area contributed by atoms with Gasteiger partial charge in [0.15, 0.2) is 0 Å². The molecule has 2 fully saturated rings. The third kappa shape index (κ3) is 2.54. The van der Waals surface area contributed by atoms with Crippen LogP contribution in [-0.2, 0) is 4.79 Å². The van der Waals surface area contributed by atoms with Crippen LogP contribution in [0.5, 0.6) is 0 Å². The van der Waals surface area contributed by atoms with E-state index in [2.05, 4.69) is 0 Å². The summed E-state index contributed by atoms with van der Waals surface area (Å²) in [6.07, 6.45) is 4.41. The predicted octanol–water partition coefficient (Wildman–Crippen LogP) is 0.981. The van der Waals surface area contributed by atoms with E-state index in [-0.39, 0.29) is 23.3 Å². The van der Waals surface area contributed by atoms with Gasteiger partial charge in [-0.1, -0.05) is 13.8 Å². The first-order chi connectivity index (χ1) is 8.47. The summed E-state index contributed by atoms with van der Waals surface area (Å²) in [5.74, 6) is 0.746. The van der Waals surface area contributed by atoms with E-state index >= 15 is 0 Å². The summed E-state index contributed by atoms with van der Waals surface area (Å²) in [4.78, 5) is 14.2. The molecule has 0 aromatic carbocycles. The second kappa shape index (κ2) is 5.17. The molecule has 3 atom stereocenters. The summed E-state index contributed by atoms with van der Waals surface area (Å²) >= 11 is 0. The number of hydrogen-bond acceptors (Lipinski definition) is 3. The fraction of sp³-hybridized carbons (Fsp3) is 0.929. The SMILES string of the molecule is CC(C)[C@@H](N)C(=O)N1CC[C@@]2(CC[C@@H](CO)C2)C1. The van der Waals surface area contributed by atoms with Gasteiger partial charge in [0, 0.05) is 19.7 Å². The molecule has 3 N–H and O–H groups in total. The molecule has 1 heterocycles. The van der Waals surface area contributed by atoms with Crippen molar-refractivity contribution >= 4 is 5.91 Å². The van der Waals surface area contributed by atoms with Crippen molar-refractivity contribution in [3.8, 4) is 0 Å². The van der Waals surface area contributed by atoms with Crippen molar-refractivity contribution in [1.82, 2.24) is 4.90 Å². The minimum atomic E-state index is -0.366. The molecule has 4 heteroatoms. The van der Waals surface area contributed by atoms with Crippen LogP contribution in [0, 0.1) is 17.3 Å². The number of amides is 1. The number of aliphatic hydroxyl groups excluding tert-OH is 1. The van der Waals surface area contributed by atoms with E-state index in [1.807, 2.05) is 18.7 Å². The third-order valence-corrected chi connectivity index (χ3v) is 4.82. The maximum Gasteiger partial charge on any atom is 0.239 e. The topological polar surface area (TPSA) is 66.6 Å². The molecule has 0 radical (unpaired) electrons. The lowest BCUT2D eigenvalue weighted by atomic mass is 9.84. The number of rotatable bonds is 3. The van der Waals surface area contributed by atoms with Crippen LogP contribution >= 0.6 is 0 Å². The molecule has 18 heavy (non-hydrogen) atoms. The van der Waals surface area contributed by atoms with Crippen LogP contribution in [0.3, 0.4) is 0 Å². The molecule has 1 saturated carbocycles. The molecular formula is C14H26N2O2. The van der Waals surface area contributed by atoms with Crippen molar-refractivity contribution in [3.05, 3.63) is 0 Å². The van der Waals surface area contributed by atoms with Gasteiger partial charge in [-0.3, -0.25) is 4.79 Å². The van der Waals surface area contributed by atoms with Gasteiger partial charge >= 0.3 is 0 Å². The molecule has 0 aromatic heterocycles. The number of likely N-dealkylation sites (tertiary alicyclic amines) is 1. The van der Waals surface area contributed by atoms with Gasteiger partial charge in [-0.05, 0) is 42.9 Å². The Morgan fingerprint density at radius 1 is 1.50 bits per heavy atom. The van der Waals surface area contributed by atoms with E-state index < -0.39 is 0 Å². The van der Waals surface area contributed by atoms with E-state index in [0.717, 1.165) is 38.8 Å². The van der Waals surface area contributed by atoms with Crippen molar-refractivity contribution in [3.63, 3.8) is 0 Å². The van der Waals surface area contributed by atoms with Crippen LogP contribution in [0.1, 0.15) is 39.5 Å². The highest BCUT2D eigenvalue weighted by molar-refractivity contribution is 5.82. The van der Waals surface area contributed by atoms with Crippen LogP contribution in [0.4, 0.5) is 0 Å². The fourth-order valence-corrected chi connectivity index (χ4v) is 3.47. The molecule has 1 saturated heterocycles. The van der Waals surface area contributed by atoms with Gasteiger partial charge in [-0.2, -0.15) is 0 Å². The molecule has 104 valence electrons. The number of hydrogen-bond donors (Lipinski definition) is 2. The summed E-state index contributed by atoms with van der Waals surface area (Å²) in [5.41, 5.74) is 6.23. The van der Waals surface area contributed by atoms with Gasteiger partial charge in [0.05, 0.1) is 6.04 Å². The molecule has 0 bridgehead atoms. The van der Waals surface area contributed by atoms with E-state index in [1.165, 1.54) is 0 Å². The van der Waals surface area contributed by atoms with E-state index in [0.29, 0.717) is 12.5 Å². The first kappa shape index (κ1) is 13.8. The summed E-state index contributed by atoms with van der Waals surface area (Å²) < 4.78 is 0. The lowest BCUT2D eigenvalue weighted by Crippen LogP contribution is -2.46. The Bertz CT molecular complexity index is 319. The van der Waals surface area contributed by atoms with Crippen molar-refractivity contribution < 1.29 is 9.90 Å². The minimum absolute atomic E-state index is 0.106. The molecule has 1 amide bonds. The van der Waals surface area contributed by atoms with E-state index in [4.69, 9.17) is 5.73 Å². The lowest BCUT2D eigenvalue weighted by molar-refractivity contribution is -0.132. The van der Waals surface area contributed by atoms with Gasteiger partial charge in [0.1, 0.15) is 0 Å². The maximum absolute atomic E-state index is 12.2. The lowest BCUT2D eigenvalue weighted by Gasteiger charge is -2.26. The largest absolute Gasteiger partial charge is 0.396 e. The zero-order valence-electron chi connectivity index (χ0n) is 11.6. The van der Waals surface area contributed by atoms with E-state index in [1.54, 1.807) is 0 Å². The van der Waals surface area contributed by atoms with Crippen LogP contribution in [0.15, 0.2) is 0 Å². The number of nitrogens with two attached hydrogens (primary N) is 1. The summed E-state index contributed by atoms with van der Waals surface area (Å²) in [7, 11) is 0. The Morgan fingerprint density at radius 3 is 2.78 bits per heavy atom. The molecule has 0 unspecified atom stereocenters. The Labute approximate surface area is 110 Å². The second-order valence-corrected chi connectivity index (χ2v) is 6.57. The summed E-state index contributed by atoms with van der Waals surface area (Å²) in [6.45, 7) is 5.97. The number of carbonyl (C=O) groups is 1. The average molecular weight is 254 g/mol. The highest BCUT2D eigenvalue weighted by atomic mass is 16.3. The molecule has 1 aliphatic carbocycles. The molecule has 2 aliphatic rings. The minimum Gasteiger partial charge on any atom is -0.396 e. The van der Waals surface area contributed by atoms with Crippen LogP contribution in [0.2, 0.25) is 0 Å². The van der Waals surface area contributed by atoms with Crippen LogP contribution < -0.4 is 5.73 Å². The number of nitrogens with zero attached hydrogens (tertiary/aromatic N) is 1. The standard InChI is InChI=1S/C14H26N2O2/c1-10(2)12(15)13(18)16-6-5-14(9-16)4-3-11(7-14)8-17/h10-12,17H,3-9,15H2,1-2H3/t11-,12-,14-/m1/s1. The van der Waals surface area contributed by atoms with Crippen LogP contribution in [-0.4, -0.2) is 41.7 Å². The average Bonchev–Trinajstić information content (AvgIpc) is 2.95. The monoisotopic (exact) mass is 254 g/mol. The van der Waals surface area contributed by atoms with Crippen molar-refractivity contribution in [1.29, 1.82) is 0 Å². The first-order valence-corrected chi connectivity index (χ1v) is 7.13. The van der Waals surface area contributed by atoms with Gasteiger partial charge < -0.3 is 15.7 Å². The van der Waals surface area contributed by atoms with E-state index in [9.17, 15) is 9.90 Å². The van der Waals surface area contributed by atoms with Gasteiger partial charge in [-0.15, -0.1) is 0 Å². The zero-order valence-corrected chi connectivity index (χ0v) is 11.6. The predicted molar refractivity (Wildman–Crippen MR) is 70.9 cm³/mol. The number of aliphatic hydroxyl groups is 1. The van der Waals surface area contributed by atoms with Gasteiger partial charge in [0.2, 0.25) is 5.91 Å². The quantitative estimate of drug-likeness (QED) is 0.789. The van der Waals surface area contributed by atoms with Crippen molar-refractivity contribution in [2.75, 3.05) is 19.7 Å². The molecule has 2 rings (SSSR count). The van der Waals surface area contributed by atoms with Crippen LogP contribution in [0.25, 0.3) is 0 Å². The number of carbonyl (C=O) groups excluding carboxylic acids is 1. The molecular weight excluding hydrogens is 228 g/mol. The second-order valence-electron chi connectivity index (χ2n) is 6.57. The van der Waals surface area contributed by atoms with Crippen molar-refractivity contribution in [2.24, 2.45) is 23.0 Å². The first-order valence-electron chi connectivity index (χ1n) is 7.13. The molecule has 0 aromatic rings. The highest BCUT2D eigenvalue weighted by Crippen LogP contribution is 2.48. The van der Waals surface area contributed by atoms with Gasteiger partial charge in [0.25, 0.3) is 0 Å². The Morgan fingerprint density at radius 2 is 2.22 bits per heavy atom. The highest BCUT2D eigenvalue weighted by Gasteiger charge is 2.45. The normalized spacial score (nSPS) is 33.6. The maximum atomic E-state index is 12.2. The molecule has 1 aliphatic heterocycles. The molecule has 1 spiro atoms. The molecule has 4 nitrogen and oxygen atoms in total. The summed E-state index contributed by atoms with van der Waals surface area (Å²) in [5, 5.41) is 9.25. The Hall–Kier alpha value is -0.610.